The fraction of sp³-hybridized carbons (Fsp3) is 0.600. The molecular weight excluding hydrogens is 440 g/mol. The lowest BCUT2D eigenvalue weighted by molar-refractivity contribution is -0.163. The molecule has 2 aromatic rings. The number of hydrogen-bond donors (Lipinski definition) is 0. The molecule has 0 spiro atoms. The second-order valence-corrected chi connectivity index (χ2v) is 10.2. The molecule has 1 aliphatic heterocycles. The quantitative estimate of drug-likeness (QED) is 0.563. The summed E-state index contributed by atoms with van der Waals surface area (Å²) in [6.45, 7) is 2.88. The van der Waals surface area contributed by atoms with Crippen molar-refractivity contribution < 1.29 is 23.9 Å². The fourth-order valence-electron chi connectivity index (χ4n) is 4.96. The normalized spacial score (nSPS) is 18.8. The number of aromatic nitrogens is 1. The van der Waals surface area contributed by atoms with E-state index in [1.165, 1.54) is 0 Å². The van der Waals surface area contributed by atoms with E-state index in [4.69, 9.17) is 14.5 Å². The first kappa shape index (κ1) is 23.7. The highest BCUT2D eigenvalue weighted by Gasteiger charge is 2.42. The molecule has 1 saturated carbocycles. The lowest BCUT2D eigenvalue weighted by atomic mass is 9.72. The van der Waals surface area contributed by atoms with E-state index in [0.717, 1.165) is 47.3 Å². The Labute approximate surface area is 198 Å². The number of thiazole rings is 1. The Kier molecular flexibility index (Phi) is 7.63. The van der Waals surface area contributed by atoms with Crippen LogP contribution >= 0.6 is 11.3 Å². The zero-order valence-electron chi connectivity index (χ0n) is 19.2. The van der Waals surface area contributed by atoms with Crippen LogP contribution in [-0.2, 0) is 30.3 Å². The predicted octanol–water partition coefficient (Wildman–Crippen LogP) is 4.13. The maximum absolute atomic E-state index is 13.3. The van der Waals surface area contributed by atoms with Gasteiger partial charge in [-0.2, -0.15) is 0 Å². The van der Waals surface area contributed by atoms with Gasteiger partial charge in [0.05, 0.1) is 33.2 Å². The molecule has 4 rings (SSSR count). The largest absolute Gasteiger partial charge is 0.466 e. The van der Waals surface area contributed by atoms with E-state index >= 15 is 0 Å². The number of nitrogens with zero attached hydrogens (tertiary/aromatic N) is 2. The lowest BCUT2D eigenvalue weighted by Crippen LogP contribution is -2.44. The molecule has 33 heavy (non-hydrogen) atoms. The van der Waals surface area contributed by atoms with E-state index < -0.39 is 5.41 Å². The van der Waals surface area contributed by atoms with Gasteiger partial charge in [-0.1, -0.05) is 31.4 Å². The first-order chi connectivity index (χ1) is 16.0. The Morgan fingerprint density at radius 2 is 1.82 bits per heavy atom. The smallest absolute Gasteiger partial charge is 0.313 e. The van der Waals surface area contributed by atoms with Crippen LogP contribution in [0.1, 0.15) is 56.9 Å². The monoisotopic (exact) mass is 472 g/mol. The summed E-state index contributed by atoms with van der Waals surface area (Å²) in [4.78, 5) is 44.3. The zero-order valence-corrected chi connectivity index (χ0v) is 20.0. The van der Waals surface area contributed by atoms with Crippen LogP contribution in [-0.4, -0.2) is 54.0 Å². The van der Waals surface area contributed by atoms with Crippen LogP contribution in [0.5, 0.6) is 0 Å². The van der Waals surface area contributed by atoms with Gasteiger partial charge in [-0.3, -0.25) is 14.4 Å². The van der Waals surface area contributed by atoms with Crippen molar-refractivity contribution in [3.63, 3.8) is 0 Å². The zero-order chi connectivity index (χ0) is 23.3. The van der Waals surface area contributed by atoms with Crippen LogP contribution in [0.4, 0.5) is 0 Å². The number of hydrogen-bond acceptors (Lipinski definition) is 7. The standard InChI is InChI=1S/C25H32N2O5S/c1-2-31-23(29)18-10-14-27(15-11-18)22(28)17-32-24(30)25(12-6-3-7-13-25)16-21-26-19-8-4-5-9-20(19)33-21/h4-5,8-9,18H,2-3,6-7,10-17H2,1H3. The highest BCUT2D eigenvalue weighted by molar-refractivity contribution is 7.18. The molecular formula is C25H32N2O5S. The van der Waals surface area contributed by atoms with Gasteiger partial charge in [-0.05, 0) is 44.7 Å². The second kappa shape index (κ2) is 10.6. The molecule has 0 bridgehead atoms. The molecule has 0 radical (unpaired) electrons. The second-order valence-electron chi connectivity index (χ2n) is 9.08. The lowest BCUT2D eigenvalue weighted by Gasteiger charge is -2.35. The summed E-state index contributed by atoms with van der Waals surface area (Å²) >= 11 is 1.63. The number of ether oxygens (including phenoxy) is 2. The van der Waals surface area contributed by atoms with Gasteiger partial charge in [0.1, 0.15) is 0 Å². The molecule has 0 N–H and O–H groups in total. The third-order valence-corrected chi connectivity index (χ3v) is 7.90. The summed E-state index contributed by atoms with van der Waals surface area (Å²) in [5, 5.41) is 0.947. The maximum atomic E-state index is 13.3. The average Bonchev–Trinajstić information content (AvgIpc) is 3.25. The number of fused-ring (bicyclic) bond motifs is 1. The minimum absolute atomic E-state index is 0.157. The summed E-state index contributed by atoms with van der Waals surface area (Å²) < 4.78 is 11.8. The fourth-order valence-corrected chi connectivity index (χ4v) is 6.07. The van der Waals surface area contributed by atoms with E-state index in [0.29, 0.717) is 39.0 Å². The van der Waals surface area contributed by atoms with Crippen molar-refractivity contribution in [1.82, 2.24) is 9.88 Å². The molecule has 1 aromatic carbocycles. The van der Waals surface area contributed by atoms with Crippen LogP contribution in [0.3, 0.4) is 0 Å². The third kappa shape index (κ3) is 5.54. The summed E-state index contributed by atoms with van der Waals surface area (Å²) in [6.07, 6.45) is 6.33. The molecule has 0 unspecified atom stereocenters. The van der Waals surface area contributed by atoms with Gasteiger partial charge in [-0.15, -0.1) is 11.3 Å². The molecule has 1 aliphatic carbocycles. The summed E-state index contributed by atoms with van der Waals surface area (Å²) in [7, 11) is 0. The Bertz CT molecular complexity index is 957. The van der Waals surface area contributed by atoms with Crippen molar-refractivity contribution in [3.05, 3.63) is 29.3 Å². The first-order valence-electron chi connectivity index (χ1n) is 12.0. The van der Waals surface area contributed by atoms with E-state index in [9.17, 15) is 14.4 Å². The molecule has 178 valence electrons. The minimum atomic E-state index is -0.608. The Morgan fingerprint density at radius 1 is 1.09 bits per heavy atom. The molecule has 2 heterocycles. The molecule has 2 fully saturated rings. The van der Waals surface area contributed by atoms with Crippen LogP contribution in [0.2, 0.25) is 0 Å². The molecule has 0 atom stereocenters. The SMILES string of the molecule is CCOC(=O)C1CCN(C(=O)COC(=O)C2(Cc3nc4ccccc4s3)CCCCC2)CC1. The van der Waals surface area contributed by atoms with Gasteiger partial charge in [0.2, 0.25) is 0 Å². The Hall–Kier alpha value is -2.48. The van der Waals surface area contributed by atoms with E-state index in [1.54, 1.807) is 23.2 Å². The number of benzene rings is 1. The van der Waals surface area contributed by atoms with Gasteiger partial charge >= 0.3 is 11.9 Å². The highest BCUT2D eigenvalue weighted by Crippen LogP contribution is 2.41. The molecule has 1 saturated heterocycles. The number of likely N-dealkylation sites (tertiary alicyclic amines) is 1. The molecule has 1 amide bonds. The molecule has 7 nitrogen and oxygen atoms in total. The van der Waals surface area contributed by atoms with E-state index in [2.05, 4.69) is 0 Å². The topological polar surface area (TPSA) is 85.8 Å². The van der Waals surface area contributed by atoms with Crippen molar-refractivity contribution >= 4 is 39.4 Å². The van der Waals surface area contributed by atoms with Crippen LogP contribution in [0.15, 0.2) is 24.3 Å². The van der Waals surface area contributed by atoms with Crippen molar-refractivity contribution in [2.75, 3.05) is 26.3 Å². The van der Waals surface area contributed by atoms with E-state index in [1.807, 2.05) is 24.3 Å². The summed E-state index contributed by atoms with van der Waals surface area (Å²) in [5.41, 5.74) is 0.349. The summed E-state index contributed by atoms with van der Waals surface area (Å²) in [5.74, 6) is -0.825. The Morgan fingerprint density at radius 3 is 2.52 bits per heavy atom. The van der Waals surface area contributed by atoms with Gasteiger partial charge in [0.15, 0.2) is 6.61 Å². The maximum Gasteiger partial charge on any atom is 0.313 e. The minimum Gasteiger partial charge on any atom is -0.466 e. The van der Waals surface area contributed by atoms with Crippen LogP contribution < -0.4 is 0 Å². The van der Waals surface area contributed by atoms with Gasteiger partial charge in [0, 0.05) is 19.5 Å². The first-order valence-corrected chi connectivity index (χ1v) is 12.8. The number of carbonyl (C=O) groups is 3. The number of amides is 1. The molecule has 8 heteroatoms. The number of rotatable bonds is 7. The predicted molar refractivity (Wildman–Crippen MR) is 126 cm³/mol. The number of carbonyl (C=O) groups excluding carboxylic acids is 3. The summed E-state index contributed by atoms with van der Waals surface area (Å²) in [6, 6.07) is 8.00. The molecule has 2 aliphatic rings. The highest BCUT2D eigenvalue weighted by atomic mass is 32.1. The van der Waals surface area contributed by atoms with Crippen molar-refractivity contribution in [2.24, 2.45) is 11.3 Å². The number of esters is 2. The third-order valence-electron chi connectivity index (χ3n) is 6.87. The van der Waals surface area contributed by atoms with Crippen LogP contribution in [0.25, 0.3) is 10.2 Å². The average molecular weight is 473 g/mol. The van der Waals surface area contributed by atoms with Gasteiger partial charge in [0.25, 0.3) is 5.91 Å². The van der Waals surface area contributed by atoms with Crippen molar-refractivity contribution in [1.29, 1.82) is 0 Å². The van der Waals surface area contributed by atoms with Gasteiger partial charge < -0.3 is 14.4 Å². The van der Waals surface area contributed by atoms with Crippen molar-refractivity contribution in [3.8, 4) is 0 Å². The van der Waals surface area contributed by atoms with E-state index in [-0.39, 0.29) is 30.4 Å². The Balaban J connectivity index is 1.35. The van der Waals surface area contributed by atoms with Crippen molar-refractivity contribution in [2.45, 2.75) is 58.3 Å². The number of piperidine rings is 1. The van der Waals surface area contributed by atoms with Crippen LogP contribution in [0, 0.1) is 11.3 Å². The number of para-hydroxylation sites is 1. The van der Waals surface area contributed by atoms with Gasteiger partial charge in [-0.25, -0.2) is 4.98 Å². The molecule has 1 aromatic heterocycles.